The van der Waals surface area contributed by atoms with Crippen LogP contribution < -0.4 is 4.72 Å². The molecule has 0 spiro atoms. The quantitative estimate of drug-likeness (QED) is 0.846. The number of H-pyrrole nitrogens is 1. The molecule has 2 rings (SSSR count). The number of hydrogen-bond donors (Lipinski definition) is 2. The summed E-state index contributed by atoms with van der Waals surface area (Å²) in [5.74, 6) is -0.378. The smallest absolute Gasteiger partial charge is 0.215 e. The minimum Gasteiger partial charge on any atom is -0.361 e. The largest absolute Gasteiger partial charge is 0.361 e. The number of fused-ring (bicyclic) bond motifs is 1. The molecule has 1 heterocycles. The molecule has 0 atom stereocenters. The van der Waals surface area contributed by atoms with Gasteiger partial charge >= 0.3 is 0 Å². The number of nitrogens with zero attached hydrogens (tertiary/aromatic N) is 1. The maximum Gasteiger partial charge on any atom is 0.215 e. The fourth-order valence-corrected chi connectivity index (χ4v) is 2.55. The molecular formula is C14H21N3O2S. The molecule has 5 nitrogen and oxygen atoms in total. The molecule has 0 aliphatic heterocycles. The Kier molecular flexibility index (Phi) is 2.10. The highest BCUT2D eigenvalue weighted by Crippen LogP contribution is 2.21. The van der Waals surface area contributed by atoms with Gasteiger partial charge in [-0.2, -0.15) is 0 Å². The minimum absolute atomic E-state index is 0.0909. The molecule has 2 aromatic rings. The van der Waals surface area contributed by atoms with Crippen molar-refractivity contribution in [3.05, 3.63) is 35.5 Å². The third-order valence-electron chi connectivity index (χ3n) is 2.76. The Balaban J connectivity index is 2.56. The highest BCUT2D eigenvalue weighted by Gasteiger charge is 2.11. The van der Waals surface area contributed by atoms with E-state index in [4.69, 9.17) is 12.3 Å². The van der Waals surface area contributed by atoms with Crippen molar-refractivity contribution in [2.24, 2.45) is 0 Å². The van der Waals surface area contributed by atoms with E-state index in [0.29, 0.717) is 11.1 Å². The van der Waals surface area contributed by atoms with Crippen LogP contribution in [0.2, 0.25) is 0 Å². The van der Waals surface area contributed by atoms with Crippen LogP contribution in [0.3, 0.4) is 0 Å². The lowest BCUT2D eigenvalue weighted by molar-refractivity contribution is 0.414. The minimum atomic E-state index is -3.60. The van der Waals surface area contributed by atoms with Crippen molar-refractivity contribution in [1.82, 2.24) is 14.6 Å². The second-order valence-corrected chi connectivity index (χ2v) is 6.16. The molecule has 0 amide bonds. The maximum absolute atomic E-state index is 11.8. The lowest BCUT2D eigenvalue weighted by Gasteiger charge is -2.08. The van der Waals surface area contributed by atoms with Gasteiger partial charge in [-0.3, -0.25) is 0 Å². The lowest BCUT2D eigenvalue weighted by Crippen LogP contribution is -2.20. The second kappa shape index (κ2) is 5.95. The summed E-state index contributed by atoms with van der Waals surface area (Å²) in [6, 6.07) is 4.38. The lowest BCUT2D eigenvalue weighted by atomic mass is 10.1. The van der Waals surface area contributed by atoms with Crippen molar-refractivity contribution in [2.45, 2.75) is 12.1 Å². The summed E-state index contributed by atoms with van der Waals surface area (Å²) >= 11 is 0. The van der Waals surface area contributed by atoms with Gasteiger partial charge in [0.25, 0.3) is 0 Å². The first-order valence-corrected chi connectivity index (χ1v) is 7.44. The van der Waals surface area contributed by atoms with Crippen LogP contribution in [0.15, 0.2) is 24.4 Å². The highest BCUT2D eigenvalue weighted by atomic mass is 32.2. The van der Waals surface area contributed by atoms with Crippen LogP contribution in [0.4, 0.5) is 0 Å². The SMILES string of the molecule is [2H]c1[nH]c2ccc(CS(=O)(=O)NC)cc2c1C([2H])([2H])CN(C([2H])([2H])[2H])C([2H])([2H])[2H]. The predicted octanol–water partition coefficient (Wildman–Crippen LogP) is 1.32. The van der Waals surface area contributed by atoms with Crippen molar-refractivity contribution in [3.63, 3.8) is 0 Å². The normalized spacial score (nSPS) is 21.0. The molecule has 1 aromatic carbocycles. The van der Waals surface area contributed by atoms with E-state index in [2.05, 4.69) is 9.71 Å². The van der Waals surface area contributed by atoms with Gasteiger partial charge in [-0.05, 0) is 50.6 Å². The van der Waals surface area contributed by atoms with Gasteiger partial charge in [0.05, 0.1) is 7.12 Å². The molecule has 1 aromatic heterocycles. The van der Waals surface area contributed by atoms with Crippen LogP contribution >= 0.6 is 0 Å². The zero-order valence-corrected chi connectivity index (χ0v) is 11.6. The Bertz CT molecular complexity index is 982. The van der Waals surface area contributed by atoms with Crippen molar-refractivity contribution in [3.8, 4) is 0 Å². The molecule has 20 heavy (non-hydrogen) atoms. The number of nitrogens with one attached hydrogen (secondary N) is 2. The molecule has 0 aliphatic carbocycles. The number of sulfonamides is 1. The van der Waals surface area contributed by atoms with Crippen LogP contribution in [-0.2, 0) is 22.1 Å². The van der Waals surface area contributed by atoms with Crippen LogP contribution in [0.5, 0.6) is 0 Å². The van der Waals surface area contributed by atoms with E-state index in [9.17, 15) is 8.42 Å². The van der Waals surface area contributed by atoms with E-state index in [1.807, 2.05) is 0 Å². The van der Waals surface area contributed by atoms with E-state index in [0.717, 1.165) is 0 Å². The zero-order chi connectivity index (χ0) is 22.4. The molecule has 0 fully saturated rings. The molecule has 0 saturated carbocycles. The highest BCUT2D eigenvalue weighted by molar-refractivity contribution is 7.88. The fraction of sp³-hybridized carbons (Fsp3) is 0.429. The first-order valence-electron chi connectivity index (χ1n) is 10.3. The Morgan fingerprint density at radius 3 is 3.00 bits per heavy atom. The number of rotatable bonds is 6. The van der Waals surface area contributed by atoms with Crippen LogP contribution in [-0.4, -0.2) is 45.8 Å². The Morgan fingerprint density at radius 1 is 1.50 bits per heavy atom. The number of hydrogen-bond acceptors (Lipinski definition) is 3. The topological polar surface area (TPSA) is 65.2 Å². The predicted molar refractivity (Wildman–Crippen MR) is 82.2 cm³/mol. The van der Waals surface area contributed by atoms with E-state index < -0.39 is 36.9 Å². The summed E-state index contributed by atoms with van der Waals surface area (Å²) in [6.07, 6.45) is -2.88. The summed E-state index contributed by atoms with van der Waals surface area (Å²) in [5, 5.41) is 0.180. The summed E-state index contributed by atoms with van der Waals surface area (Å²) in [4.78, 5) is 2.74. The van der Waals surface area contributed by atoms with E-state index in [1.54, 1.807) is 0 Å². The number of benzene rings is 1. The Labute approximate surface area is 132 Å². The van der Waals surface area contributed by atoms with Crippen LogP contribution in [0, 0.1) is 0 Å². The second-order valence-electron chi connectivity index (χ2n) is 4.23. The summed E-state index contributed by atoms with van der Waals surface area (Å²) in [5.41, 5.74) is 0.426. The Hall–Kier alpha value is -1.37. The van der Waals surface area contributed by atoms with Gasteiger partial charge in [0.1, 0.15) is 0 Å². The maximum atomic E-state index is 11.8. The average Bonchev–Trinajstić information content (AvgIpc) is 2.86. The van der Waals surface area contributed by atoms with Crippen molar-refractivity contribution < 1.29 is 20.8 Å². The van der Waals surface area contributed by atoms with Crippen LogP contribution in [0.25, 0.3) is 10.9 Å². The monoisotopic (exact) mass is 304 g/mol. The average molecular weight is 304 g/mol. The number of aromatic nitrogens is 1. The van der Waals surface area contributed by atoms with Gasteiger partial charge in [-0.15, -0.1) is 0 Å². The van der Waals surface area contributed by atoms with E-state index >= 15 is 0 Å². The van der Waals surface area contributed by atoms with Crippen molar-refractivity contribution >= 4 is 20.9 Å². The van der Waals surface area contributed by atoms with Gasteiger partial charge in [0.15, 0.2) is 0 Å². The number of likely N-dealkylation sites (N-methyl/N-ethyl adjacent to an activating group) is 1. The van der Waals surface area contributed by atoms with Crippen molar-refractivity contribution in [1.29, 1.82) is 0 Å². The molecular weight excluding hydrogens is 274 g/mol. The Morgan fingerprint density at radius 2 is 2.30 bits per heavy atom. The zero-order valence-electron chi connectivity index (χ0n) is 19.8. The van der Waals surface area contributed by atoms with Gasteiger partial charge in [0, 0.05) is 34.6 Å². The molecule has 0 aliphatic rings. The van der Waals surface area contributed by atoms with E-state index in [1.165, 1.54) is 25.2 Å². The molecule has 2 N–H and O–H groups in total. The van der Waals surface area contributed by atoms with Gasteiger partial charge in [0.2, 0.25) is 10.0 Å². The third kappa shape index (κ3) is 3.59. The first kappa shape index (κ1) is 7.06. The molecule has 6 heteroatoms. The summed E-state index contributed by atoms with van der Waals surface area (Å²) in [7, 11) is -2.34. The number of aromatic amines is 1. The van der Waals surface area contributed by atoms with Gasteiger partial charge in [-0.1, -0.05) is 6.07 Å². The summed E-state index contributed by atoms with van der Waals surface area (Å²) in [6.45, 7) is -7.18. The molecule has 0 unspecified atom stereocenters. The third-order valence-corrected chi connectivity index (χ3v) is 4.09. The first-order chi connectivity index (χ1) is 13.0. The molecule has 0 saturated heterocycles. The van der Waals surface area contributed by atoms with Crippen molar-refractivity contribution in [2.75, 3.05) is 27.5 Å². The van der Waals surface area contributed by atoms with Gasteiger partial charge < -0.3 is 9.88 Å². The van der Waals surface area contributed by atoms with E-state index in [-0.39, 0.29) is 27.8 Å². The molecule has 0 bridgehead atoms. The standard InChI is InChI=1S/C14H21N3O2S/c1-15-20(18,19)10-11-4-5-14-13(8-11)12(9-16-14)6-7-17(2)3/h4-5,8-9,15-16H,6-7,10H2,1-3H3/i2D3,3D3,6D2,9D. The van der Waals surface area contributed by atoms with Gasteiger partial charge in [-0.25, -0.2) is 13.1 Å². The molecule has 110 valence electrons. The fourth-order valence-electron chi connectivity index (χ4n) is 1.78. The van der Waals surface area contributed by atoms with Crippen LogP contribution in [0.1, 0.15) is 23.5 Å². The summed E-state index contributed by atoms with van der Waals surface area (Å²) < 4.78 is 95.1. The molecule has 0 radical (unpaired) electrons.